The highest BCUT2D eigenvalue weighted by Gasteiger charge is 2.47. The highest BCUT2D eigenvalue weighted by molar-refractivity contribution is 8.00. The van der Waals surface area contributed by atoms with Gasteiger partial charge in [0.25, 0.3) is 5.91 Å². The predicted molar refractivity (Wildman–Crippen MR) is 117 cm³/mol. The first-order chi connectivity index (χ1) is 13.5. The second-order valence-corrected chi connectivity index (χ2v) is 9.65. The van der Waals surface area contributed by atoms with Gasteiger partial charge < -0.3 is 9.80 Å². The van der Waals surface area contributed by atoms with Gasteiger partial charge in [0.05, 0.1) is 4.87 Å². The van der Waals surface area contributed by atoms with Crippen LogP contribution in [0.25, 0.3) is 0 Å². The van der Waals surface area contributed by atoms with Crippen molar-refractivity contribution >= 4 is 23.6 Å². The van der Waals surface area contributed by atoms with Gasteiger partial charge in [0.2, 0.25) is 5.91 Å². The summed E-state index contributed by atoms with van der Waals surface area (Å²) in [5.41, 5.74) is 1.90. The van der Waals surface area contributed by atoms with Gasteiger partial charge in [-0.3, -0.25) is 9.59 Å². The van der Waals surface area contributed by atoms with Crippen molar-refractivity contribution < 1.29 is 9.59 Å². The van der Waals surface area contributed by atoms with Gasteiger partial charge in [-0.25, -0.2) is 0 Å². The van der Waals surface area contributed by atoms with E-state index in [0.29, 0.717) is 5.91 Å². The normalized spacial score (nSPS) is 19.8. The zero-order valence-electron chi connectivity index (χ0n) is 17.6. The topological polar surface area (TPSA) is 40.6 Å². The van der Waals surface area contributed by atoms with Crippen LogP contribution in [0.2, 0.25) is 0 Å². The number of unbranched alkanes of at least 4 members (excludes halogenated alkanes) is 1. The molecule has 0 N–H and O–H groups in total. The second kappa shape index (κ2) is 9.34. The Bertz CT molecular complexity index is 698. The number of likely N-dealkylation sites (tertiary alicyclic amines) is 1. The molecule has 28 heavy (non-hydrogen) atoms. The minimum atomic E-state index is -0.136. The molecule has 1 atom stereocenters. The standard InChI is InChI=1S/C23H34N2O2S/c1-4-6-9-19(5-2)21(26)24-13-11-23(12-14-24)25(15-16-28-23)22(27)20-10-7-8-18(3)17-20/h7-8,10,17,19H,4-6,9,11-16H2,1-3H3/t19-/m1/s1. The minimum Gasteiger partial charge on any atom is -0.342 e. The number of benzene rings is 1. The first-order valence-electron chi connectivity index (χ1n) is 10.8. The third-order valence-corrected chi connectivity index (χ3v) is 7.84. The molecule has 2 heterocycles. The molecule has 0 radical (unpaired) electrons. The molecule has 2 aliphatic rings. The third-order valence-electron chi connectivity index (χ3n) is 6.29. The molecule has 1 aromatic rings. The number of carbonyl (C=O) groups excluding carboxylic acids is 2. The van der Waals surface area contributed by atoms with Crippen molar-refractivity contribution in [2.75, 3.05) is 25.4 Å². The quantitative estimate of drug-likeness (QED) is 0.691. The van der Waals surface area contributed by atoms with Crippen LogP contribution in [0, 0.1) is 12.8 Å². The number of hydrogen-bond acceptors (Lipinski definition) is 3. The molecular weight excluding hydrogens is 368 g/mol. The smallest absolute Gasteiger partial charge is 0.255 e. The number of carbonyl (C=O) groups is 2. The fourth-order valence-electron chi connectivity index (χ4n) is 4.53. The molecule has 1 spiro atoms. The molecule has 4 nitrogen and oxygen atoms in total. The molecule has 1 aromatic carbocycles. The molecular formula is C23H34N2O2S. The maximum atomic E-state index is 13.2. The van der Waals surface area contributed by atoms with E-state index in [1.165, 1.54) is 0 Å². The van der Waals surface area contributed by atoms with Crippen molar-refractivity contribution in [3.05, 3.63) is 35.4 Å². The molecule has 3 rings (SSSR count). The lowest BCUT2D eigenvalue weighted by atomic mass is 9.95. The molecule has 5 heteroatoms. The molecule has 2 amide bonds. The number of thioether (sulfide) groups is 1. The molecule has 2 saturated heterocycles. The van der Waals surface area contributed by atoms with Crippen LogP contribution in [-0.4, -0.2) is 51.9 Å². The van der Waals surface area contributed by atoms with Gasteiger partial charge in [0.1, 0.15) is 0 Å². The Morgan fingerprint density at radius 1 is 1.18 bits per heavy atom. The summed E-state index contributed by atoms with van der Waals surface area (Å²) in [5, 5.41) is 0. The average Bonchev–Trinajstić information content (AvgIpc) is 3.11. The van der Waals surface area contributed by atoms with Crippen LogP contribution in [0.3, 0.4) is 0 Å². The molecule has 2 fully saturated rings. The number of hydrogen-bond donors (Lipinski definition) is 0. The second-order valence-electron chi connectivity index (χ2n) is 8.19. The van der Waals surface area contributed by atoms with Gasteiger partial charge in [0.15, 0.2) is 0 Å². The molecule has 0 aliphatic carbocycles. The summed E-state index contributed by atoms with van der Waals surface area (Å²) in [6.07, 6.45) is 5.94. The van der Waals surface area contributed by atoms with E-state index in [1.807, 2.05) is 43.0 Å². The zero-order chi connectivity index (χ0) is 20.1. The lowest BCUT2D eigenvalue weighted by Crippen LogP contribution is -2.54. The van der Waals surface area contributed by atoms with Crippen molar-refractivity contribution in [3.8, 4) is 0 Å². The Labute approximate surface area is 174 Å². The summed E-state index contributed by atoms with van der Waals surface area (Å²) in [6, 6.07) is 7.89. The van der Waals surface area contributed by atoms with Crippen LogP contribution in [0.15, 0.2) is 24.3 Å². The fourth-order valence-corrected chi connectivity index (χ4v) is 5.99. The first kappa shape index (κ1) is 21.2. The number of piperidine rings is 1. The van der Waals surface area contributed by atoms with E-state index in [1.54, 1.807) is 0 Å². The third kappa shape index (κ3) is 4.40. The van der Waals surface area contributed by atoms with E-state index in [9.17, 15) is 9.59 Å². The van der Waals surface area contributed by atoms with Crippen molar-refractivity contribution in [2.45, 2.75) is 64.2 Å². The van der Waals surface area contributed by atoms with Crippen LogP contribution in [0.4, 0.5) is 0 Å². The van der Waals surface area contributed by atoms with E-state index in [4.69, 9.17) is 0 Å². The van der Waals surface area contributed by atoms with Gasteiger partial charge in [-0.05, 0) is 44.7 Å². The Balaban J connectivity index is 1.66. The number of amides is 2. The van der Waals surface area contributed by atoms with Crippen LogP contribution >= 0.6 is 11.8 Å². The Hall–Kier alpha value is -1.49. The van der Waals surface area contributed by atoms with Crippen molar-refractivity contribution in [1.82, 2.24) is 9.80 Å². The van der Waals surface area contributed by atoms with E-state index in [0.717, 1.165) is 75.0 Å². The fraction of sp³-hybridized carbons (Fsp3) is 0.652. The monoisotopic (exact) mass is 402 g/mol. The molecule has 0 bridgehead atoms. The zero-order valence-corrected chi connectivity index (χ0v) is 18.4. The van der Waals surface area contributed by atoms with Crippen LogP contribution < -0.4 is 0 Å². The average molecular weight is 403 g/mol. The minimum absolute atomic E-state index is 0.136. The van der Waals surface area contributed by atoms with Gasteiger partial charge in [-0.15, -0.1) is 11.8 Å². The van der Waals surface area contributed by atoms with Crippen LogP contribution in [0.1, 0.15) is 68.3 Å². The number of rotatable bonds is 6. The number of aryl methyl sites for hydroxylation is 1. The maximum Gasteiger partial charge on any atom is 0.255 e. The van der Waals surface area contributed by atoms with E-state index >= 15 is 0 Å². The van der Waals surface area contributed by atoms with Crippen molar-refractivity contribution in [3.63, 3.8) is 0 Å². The van der Waals surface area contributed by atoms with Gasteiger partial charge in [0, 0.05) is 36.9 Å². The Morgan fingerprint density at radius 3 is 2.57 bits per heavy atom. The highest BCUT2D eigenvalue weighted by atomic mass is 32.2. The van der Waals surface area contributed by atoms with Gasteiger partial charge in [-0.1, -0.05) is 44.4 Å². The SMILES string of the molecule is CCCC[C@@H](CC)C(=O)N1CCC2(CC1)SCCN2C(=O)c1cccc(C)c1. The summed E-state index contributed by atoms with van der Waals surface area (Å²) >= 11 is 1.91. The molecule has 154 valence electrons. The molecule has 0 unspecified atom stereocenters. The van der Waals surface area contributed by atoms with Crippen molar-refractivity contribution in [1.29, 1.82) is 0 Å². The van der Waals surface area contributed by atoms with Gasteiger partial charge >= 0.3 is 0 Å². The first-order valence-corrected chi connectivity index (χ1v) is 11.8. The van der Waals surface area contributed by atoms with Crippen molar-refractivity contribution in [2.24, 2.45) is 5.92 Å². The van der Waals surface area contributed by atoms with Gasteiger partial charge in [-0.2, -0.15) is 0 Å². The molecule has 2 aliphatic heterocycles. The summed E-state index contributed by atoms with van der Waals surface area (Å²) in [5.74, 6) is 1.61. The number of nitrogens with zero attached hydrogens (tertiary/aromatic N) is 2. The summed E-state index contributed by atoms with van der Waals surface area (Å²) in [6.45, 7) is 8.67. The lowest BCUT2D eigenvalue weighted by Gasteiger charge is -2.44. The van der Waals surface area contributed by atoms with E-state index < -0.39 is 0 Å². The maximum absolute atomic E-state index is 13.2. The predicted octanol–water partition coefficient (Wildman–Crippen LogP) is 4.72. The highest BCUT2D eigenvalue weighted by Crippen LogP contribution is 2.44. The summed E-state index contributed by atoms with van der Waals surface area (Å²) < 4.78 is 0. The van der Waals surface area contributed by atoms with Crippen LogP contribution in [-0.2, 0) is 4.79 Å². The lowest BCUT2D eigenvalue weighted by molar-refractivity contribution is -0.137. The van der Waals surface area contributed by atoms with E-state index in [2.05, 4.69) is 23.6 Å². The largest absolute Gasteiger partial charge is 0.342 e. The molecule has 0 saturated carbocycles. The molecule has 0 aromatic heterocycles. The Kier molecular flexibility index (Phi) is 7.08. The summed E-state index contributed by atoms with van der Waals surface area (Å²) in [4.78, 5) is 30.2. The van der Waals surface area contributed by atoms with Crippen LogP contribution in [0.5, 0.6) is 0 Å². The van der Waals surface area contributed by atoms with E-state index in [-0.39, 0.29) is 16.7 Å². The summed E-state index contributed by atoms with van der Waals surface area (Å²) in [7, 11) is 0. The Morgan fingerprint density at radius 2 is 1.93 bits per heavy atom.